The first-order chi connectivity index (χ1) is 10.1. The standard InChI is InChI=1S/C18H25N3/c1-5-19-18(17-12-20-14(4)11-21-17)16-8-6-7-15(10-16)9-13(2)3/h6-8,10-13,18-19H,5,9H2,1-4H3. The lowest BCUT2D eigenvalue weighted by Gasteiger charge is -2.19. The Morgan fingerprint density at radius 2 is 1.95 bits per heavy atom. The molecule has 0 amide bonds. The normalized spacial score (nSPS) is 12.6. The van der Waals surface area contributed by atoms with Gasteiger partial charge in [0, 0.05) is 6.20 Å². The lowest BCUT2D eigenvalue weighted by atomic mass is 9.97. The molecule has 0 aliphatic rings. The number of aromatic nitrogens is 2. The predicted octanol–water partition coefficient (Wildman–Crippen LogP) is 3.68. The van der Waals surface area contributed by atoms with E-state index in [2.05, 4.69) is 60.3 Å². The van der Waals surface area contributed by atoms with E-state index in [9.17, 15) is 0 Å². The van der Waals surface area contributed by atoms with E-state index in [1.807, 2.05) is 19.3 Å². The second-order valence-corrected chi connectivity index (χ2v) is 5.92. The van der Waals surface area contributed by atoms with Gasteiger partial charge in [-0.05, 0) is 36.9 Å². The largest absolute Gasteiger partial charge is 0.305 e. The van der Waals surface area contributed by atoms with Crippen LogP contribution in [0.25, 0.3) is 0 Å². The lowest BCUT2D eigenvalue weighted by Crippen LogP contribution is -2.23. The molecule has 2 aromatic rings. The zero-order chi connectivity index (χ0) is 15.2. The van der Waals surface area contributed by atoms with Gasteiger partial charge in [0.1, 0.15) is 0 Å². The summed E-state index contributed by atoms with van der Waals surface area (Å²) in [6.45, 7) is 9.48. The first-order valence-corrected chi connectivity index (χ1v) is 7.71. The fourth-order valence-corrected chi connectivity index (χ4v) is 2.52. The Labute approximate surface area is 127 Å². The SMILES string of the molecule is CCNC(c1cccc(CC(C)C)c1)c1cnc(C)cn1. The molecule has 3 heteroatoms. The molecule has 1 unspecified atom stereocenters. The molecule has 1 aromatic carbocycles. The highest BCUT2D eigenvalue weighted by atomic mass is 14.9. The van der Waals surface area contributed by atoms with E-state index in [1.54, 1.807) is 0 Å². The summed E-state index contributed by atoms with van der Waals surface area (Å²) < 4.78 is 0. The molecule has 3 nitrogen and oxygen atoms in total. The molecular formula is C18H25N3. The number of hydrogen-bond acceptors (Lipinski definition) is 3. The van der Waals surface area contributed by atoms with Crippen LogP contribution in [0.1, 0.15) is 49.3 Å². The molecule has 2 rings (SSSR count). The third-order valence-electron chi connectivity index (χ3n) is 3.43. The van der Waals surface area contributed by atoms with Crippen LogP contribution < -0.4 is 5.32 Å². The van der Waals surface area contributed by atoms with Gasteiger partial charge in [-0.1, -0.05) is 45.0 Å². The van der Waals surface area contributed by atoms with Crippen LogP contribution in [0.3, 0.4) is 0 Å². The number of aryl methyl sites for hydroxylation is 1. The molecule has 1 heterocycles. The Hall–Kier alpha value is -1.74. The second-order valence-electron chi connectivity index (χ2n) is 5.92. The van der Waals surface area contributed by atoms with Crippen molar-refractivity contribution >= 4 is 0 Å². The highest BCUT2D eigenvalue weighted by Crippen LogP contribution is 2.22. The van der Waals surface area contributed by atoms with E-state index in [4.69, 9.17) is 0 Å². The molecule has 21 heavy (non-hydrogen) atoms. The number of benzene rings is 1. The number of hydrogen-bond donors (Lipinski definition) is 1. The summed E-state index contributed by atoms with van der Waals surface area (Å²) in [4.78, 5) is 8.92. The monoisotopic (exact) mass is 283 g/mol. The van der Waals surface area contributed by atoms with Crippen molar-refractivity contribution in [3.63, 3.8) is 0 Å². The fourth-order valence-electron chi connectivity index (χ4n) is 2.52. The zero-order valence-corrected chi connectivity index (χ0v) is 13.4. The van der Waals surface area contributed by atoms with Crippen LogP contribution in [0.4, 0.5) is 0 Å². The van der Waals surface area contributed by atoms with Crippen molar-refractivity contribution in [3.05, 3.63) is 59.2 Å². The Bertz CT molecular complexity index is 561. The van der Waals surface area contributed by atoms with E-state index >= 15 is 0 Å². The molecule has 112 valence electrons. The van der Waals surface area contributed by atoms with Gasteiger partial charge in [0.25, 0.3) is 0 Å². The lowest BCUT2D eigenvalue weighted by molar-refractivity contribution is 0.608. The first kappa shape index (κ1) is 15.6. The van der Waals surface area contributed by atoms with Crippen LogP contribution in [0.15, 0.2) is 36.7 Å². The van der Waals surface area contributed by atoms with Crippen molar-refractivity contribution in [2.75, 3.05) is 6.54 Å². The summed E-state index contributed by atoms with van der Waals surface area (Å²) in [5.74, 6) is 0.664. The van der Waals surface area contributed by atoms with E-state index < -0.39 is 0 Å². The van der Waals surface area contributed by atoms with Gasteiger partial charge in [0.2, 0.25) is 0 Å². The zero-order valence-electron chi connectivity index (χ0n) is 13.4. The van der Waals surface area contributed by atoms with Gasteiger partial charge in [0.05, 0.1) is 23.6 Å². The van der Waals surface area contributed by atoms with E-state index in [0.29, 0.717) is 5.92 Å². The quantitative estimate of drug-likeness (QED) is 0.878. The summed E-state index contributed by atoms with van der Waals surface area (Å²) in [7, 11) is 0. The maximum Gasteiger partial charge on any atom is 0.0801 e. The molecule has 0 radical (unpaired) electrons. The molecular weight excluding hydrogens is 258 g/mol. The minimum Gasteiger partial charge on any atom is -0.305 e. The molecule has 0 aliphatic heterocycles. The molecule has 0 aliphatic carbocycles. The summed E-state index contributed by atoms with van der Waals surface area (Å²) in [6, 6.07) is 8.90. The average molecular weight is 283 g/mol. The molecule has 1 aromatic heterocycles. The van der Waals surface area contributed by atoms with Crippen molar-refractivity contribution in [2.45, 2.75) is 40.2 Å². The molecule has 0 spiro atoms. The van der Waals surface area contributed by atoms with Crippen LogP contribution in [-0.2, 0) is 6.42 Å². The Balaban J connectivity index is 2.31. The van der Waals surface area contributed by atoms with Crippen LogP contribution in [-0.4, -0.2) is 16.5 Å². The minimum atomic E-state index is 0.107. The van der Waals surface area contributed by atoms with Crippen LogP contribution >= 0.6 is 0 Å². The van der Waals surface area contributed by atoms with Crippen molar-refractivity contribution in [1.29, 1.82) is 0 Å². The fraction of sp³-hybridized carbons (Fsp3) is 0.444. The molecule has 1 N–H and O–H groups in total. The summed E-state index contributed by atoms with van der Waals surface area (Å²) in [5.41, 5.74) is 4.56. The van der Waals surface area contributed by atoms with Gasteiger partial charge < -0.3 is 5.32 Å². The maximum absolute atomic E-state index is 4.54. The summed E-state index contributed by atoms with van der Waals surface area (Å²) in [6.07, 6.45) is 4.81. The molecule has 1 atom stereocenters. The number of rotatable bonds is 6. The molecule has 0 fully saturated rings. The van der Waals surface area contributed by atoms with Gasteiger partial charge in [0.15, 0.2) is 0 Å². The van der Waals surface area contributed by atoms with Gasteiger partial charge >= 0.3 is 0 Å². The second kappa shape index (κ2) is 7.32. The smallest absolute Gasteiger partial charge is 0.0801 e. The highest BCUT2D eigenvalue weighted by Gasteiger charge is 2.15. The van der Waals surface area contributed by atoms with Gasteiger partial charge in [-0.3, -0.25) is 9.97 Å². The minimum absolute atomic E-state index is 0.107. The highest BCUT2D eigenvalue weighted by molar-refractivity contribution is 5.31. The number of nitrogens with zero attached hydrogens (tertiary/aromatic N) is 2. The Morgan fingerprint density at radius 3 is 2.57 bits per heavy atom. The van der Waals surface area contributed by atoms with Gasteiger partial charge in [-0.25, -0.2) is 0 Å². The molecule has 0 saturated heterocycles. The average Bonchev–Trinajstić information content (AvgIpc) is 2.45. The first-order valence-electron chi connectivity index (χ1n) is 7.71. The molecule has 0 saturated carbocycles. The predicted molar refractivity (Wildman–Crippen MR) is 87.3 cm³/mol. The van der Waals surface area contributed by atoms with Crippen molar-refractivity contribution in [3.8, 4) is 0 Å². The molecule has 0 bridgehead atoms. The van der Waals surface area contributed by atoms with Gasteiger partial charge in [-0.2, -0.15) is 0 Å². The van der Waals surface area contributed by atoms with Crippen molar-refractivity contribution < 1.29 is 0 Å². The third kappa shape index (κ3) is 4.36. The third-order valence-corrected chi connectivity index (χ3v) is 3.43. The van der Waals surface area contributed by atoms with E-state index in [1.165, 1.54) is 11.1 Å². The van der Waals surface area contributed by atoms with Gasteiger partial charge in [-0.15, -0.1) is 0 Å². The van der Waals surface area contributed by atoms with Crippen molar-refractivity contribution in [2.24, 2.45) is 5.92 Å². The summed E-state index contributed by atoms with van der Waals surface area (Å²) in [5, 5.41) is 3.51. The maximum atomic E-state index is 4.54. The number of nitrogens with one attached hydrogen (secondary N) is 1. The summed E-state index contributed by atoms with van der Waals surface area (Å²) >= 11 is 0. The Morgan fingerprint density at radius 1 is 1.14 bits per heavy atom. The van der Waals surface area contributed by atoms with Crippen LogP contribution in [0.2, 0.25) is 0 Å². The Kier molecular flexibility index (Phi) is 5.45. The van der Waals surface area contributed by atoms with Crippen molar-refractivity contribution in [1.82, 2.24) is 15.3 Å². The van der Waals surface area contributed by atoms with Crippen LogP contribution in [0, 0.1) is 12.8 Å². The van der Waals surface area contributed by atoms with Crippen LogP contribution in [0.5, 0.6) is 0 Å². The van der Waals surface area contributed by atoms with E-state index in [0.717, 1.165) is 24.4 Å². The van der Waals surface area contributed by atoms with E-state index in [-0.39, 0.29) is 6.04 Å². The topological polar surface area (TPSA) is 37.8 Å².